The van der Waals surface area contributed by atoms with Gasteiger partial charge >= 0.3 is 5.97 Å². The molecular formula is C15H15NO2S. The molecule has 0 amide bonds. The van der Waals surface area contributed by atoms with Gasteiger partial charge in [0.15, 0.2) is 0 Å². The first-order valence-corrected chi connectivity index (χ1v) is 7.12. The Morgan fingerprint density at radius 1 is 1.21 bits per heavy atom. The molecule has 0 heterocycles. The van der Waals surface area contributed by atoms with Crippen molar-refractivity contribution >= 4 is 28.0 Å². The molecule has 98 valence electrons. The highest BCUT2D eigenvalue weighted by Gasteiger charge is 2.13. The van der Waals surface area contributed by atoms with E-state index in [0.717, 1.165) is 10.5 Å². The number of nitrogens with two attached hydrogens (primary N) is 1. The van der Waals surface area contributed by atoms with E-state index < -0.39 is 16.5 Å². The van der Waals surface area contributed by atoms with Crippen molar-refractivity contribution in [2.45, 2.75) is 16.7 Å². The van der Waals surface area contributed by atoms with E-state index in [1.165, 1.54) is 0 Å². The van der Waals surface area contributed by atoms with Crippen molar-refractivity contribution in [2.24, 2.45) is 0 Å². The van der Waals surface area contributed by atoms with Crippen molar-refractivity contribution in [1.29, 1.82) is 0 Å². The molecule has 0 saturated carbocycles. The molecule has 1 atom stereocenters. The molecule has 0 bridgehead atoms. The van der Waals surface area contributed by atoms with Crippen LogP contribution in [0.25, 0.3) is 0 Å². The fraction of sp³-hybridized carbons (Fsp3) is 0.0667. The fourth-order valence-electron chi connectivity index (χ4n) is 1.87. The van der Waals surface area contributed by atoms with Gasteiger partial charge in [0.05, 0.1) is 5.56 Å². The number of aryl methyl sites for hydroxylation is 1. The normalized spacial score (nSPS) is 12.1. The van der Waals surface area contributed by atoms with Crippen LogP contribution >= 0.6 is 10.5 Å². The predicted molar refractivity (Wildman–Crippen MR) is 80.2 cm³/mol. The lowest BCUT2D eigenvalue weighted by molar-refractivity contribution is 0.0693. The van der Waals surface area contributed by atoms with Crippen LogP contribution in [-0.2, 0) is 0 Å². The number of carboxylic acids is 1. The van der Waals surface area contributed by atoms with Crippen LogP contribution in [0.5, 0.6) is 0 Å². The van der Waals surface area contributed by atoms with Gasteiger partial charge in [0, 0.05) is 15.5 Å². The van der Waals surface area contributed by atoms with E-state index in [4.69, 9.17) is 5.73 Å². The van der Waals surface area contributed by atoms with Crippen LogP contribution < -0.4 is 5.73 Å². The Bertz CT molecular complexity index is 665. The third-order valence-corrected chi connectivity index (χ3v) is 4.60. The molecule has 0 radical (unpaired) electrons. The maximum absolute atomic E-state index is 11.2. The molecule has 3 N–H and O–H groups in total. The van der Waals surface area contributed by atoms with E-state index in [2.05, 4.69) is 5.87 Å². The summed E-state index contributed by atoms with van der Waals surface area (Å²) in [6.07, 6.45) is 0. The van der Waals surface area contributed by atoms with Crippen LogP contribution in [0.3, 0.4) is 0 Å². The molecule has 2 aromatic rings. The third-order valence-electron chi connectivity index (χ3n) is 2.81. The summed E-state index contributed by atoms with van der Waals surface area (Å²) in [5.74, 6) is 3.15. The van der Waals surface area contributed by atoms with Crippen molar-refractivity contribution in [2.75, 3.05) is 5.73 Å². The van der Waals surface area contributed by atoms with E-state index in [1.807, 2.05) is 31.2 Å². The van der Waals surface area contributed by atoms with Gasteiger partial charge in [-0.15, -0.1) is 10.5 Å². The second kappa shape index (κ2) is 5.28. The highest BCUT2D eigenvalue weighted by atomic mass is 32.2. The van der Waals surface area contributed by atoms with Gasteiger partial charge < -0.3 is 10.8 Å². The van der Waals surface area contributed by atoms with Gasteiger partial charge in [-0.2, -0.15) is 0 Å². The number of rotatable bonds is 3. The lowest BCUT2D eigenvalue weighted by atomic mass is 10.2. The molecule has 0 spiro atoms. The minimum absolute atomic E-state index is 0.279. The Morgan fingerprint density at radius 3 is 2.53 bits per heavy atom. The molecule has 0 saturated heterocycles. The number of nitrogen functional groups attached to an aromatic ring is 1. The van der Waals surface area contributed by atoms with Crippen LogP contribution in [0.2, 0.25) is 0 Å². The maximum atomic E-state index is 11.2. The summed E-state index contributed by atoms with van der Waals surface area (Å²) < 4.78 is 0. The largest absolute Gasteiger partial charge is 0.478 e. The molecule has 0 fully saturated rings. The first-order chi connectivity index (χ1) is 9.00. The molecule has 2 rings (SSSR count). The van der Waals surface area contributed by atoms with Gasteiger partial charge in [0.25, 0.3) is 0 Å². The van der Waals surface area contributed by atoms with Crippen molar-refractivity contribution in [3.8, 4) is 0 Å². The Labute approximate surface area is 114 Å². The summed E-state index contributed by atoms with van der Waals surface area (Å²) in [5.41, 5.74) is 8.01. The number of hydrogen-bond acceptors (Lipinski definition) is 2. The summed E-state index contributed by atoms with van der Waals surface area (Å²) in [7, 11) is -0.605. The summed E-state index contributed by atoms with van der Waals surface area (Å²) in [5, 5.41) is 9.22. The number of benzene rings is 2. The molecule has 0 aliphatic carbocycles. The lowest BCUT2D eigenvalue weighted by Gasteiger charge is -2.13. The summed E-state index contributed by atoms with van der Waals surface area (Å²) in [6.45, 7) is 1.96. The topological polar surface area (TPSA) is 63.3 Å². The molecule has 1 unspecified atom stereocenters. The lowest BCUT2D eigenvalue weighted by Crippen LogP contribution is -2.00. The van der Waals surface area contributed by atoms with Crippen LogP contribution in [0.1, 0.15) is 15.9 Å². The van der Waals surface area contributed by atoms with Crippen LogP contribution in [0, 0.1) is 6.92 Å². The highest BCUT2D eigenvalue weighted by Crippen LogP contribution is 2.39. The Balaban J connectivity index is 2.53. The Morgan fingerprint density at radius 2 is 1.89 bits per heavy atom. The summed E-state index contributed by atoms with van der Waals surface area (Å²) >= 11 is 0. The SMILES string of the molecule is C=S(c1ccc(C)cc1N)c1ccccc1C(=O)O. The maximum Gasteiger partial charge on any atom is 0.336 e. The van der Waals surface area contributed by atoms with Crippen molar-refractivity contribution in [1.82, 2.24) is 0 Å². The second-order valence-corrected chi connectivity index (χ2v) is 5.89. The smallest absolute Gasteiger partial charge is 0.336 e. The van der Waals surface area contributed by atoms with Gasteiger partial charge in [-0.1, -0.05) is 24.1 Å². The third kappa shape index (κ3) is 2.69. The monoisotopic (exact) mass is 273 g/mol. The van der Waals surface area contributed by atoms with E-state index in [1.54, 1.807) is 18.2 Å². The van der Waals surface area contributed by atoms with Crippen molar-refractivity contribution < 1.29 is 9.90 Å². The van der Waals surface area contributed by atoms with Gasteiger partial charge in [0.2, 0.25) is 0 Å². The van der Waals surface area contributed by atoms with Crippen molar-refractivity contribution in [3.05, 3.63) is 53.6 Å². The van der Waals surface area contributed by atoms with Crippen LogP contribution in [0.15, 0.2) is 52.3 Å². The minimum Gasteiger partial charge on any atom is -0.478 e. The molecule has 4 heteroatoms. The second-order valence-electron chi connectivity index (χ2n) is 4.23. The number of hydrogen-bond donors (Lipinski definition) is 2. The Kier molecular flexibility index (Phi) is 3.71. The number of aromatic carboxylic acids is 1. The quantitative estimate of drug-likeness (QED) is 0.665. The highest BCUT2D eigenvalue weighted by molar-refractivity contribution is 8.14. The molecule has 3 nitrogen and oxygen atoms in total. The van der Waals surface area contributed by atoms with Crippen LogP contribution in [0.4, 0.5) is 5.69 Å². The Hall–Kier alpha value is -2.07. The zero-order valence-electron chi connectivity index (χ0n) is 10.6. The average Bonchev–Trinajstić information content (AvgIpc) is 2.38. The zero-order chi connectivity index (χ0) is 14.0. The van der Waals surface area contributed by atoms with Gasteiger partial charge in [0.1, 0.15) is 0 Å². The summed E-state index contributed by atoms with van der Waals surface area (Å²) in [6, 6.07) is 12.7. The standard InChI is InChI=1S/C15H15NO2S/c1-10-7-8-14(12(16)9-10)19(2)13-6-4-3-5-11(13)15(17)18/h3-9H,2,16H2,1H3,(H,17,18). The molecule has 19 heavy (non-hydrogen) atoms. The molecular weight excluding hydrogens is 258 g/mol. The average molecular weight is 273 g/mol. The van der Waals surface area contributed by atoms with Crippen molar-refractivity contribution in [3.63, 3.8) is 0 Å². The number of anilines is 1. The molecule has 0 aliphatic rings. The minimum atomic E-state index is -0.942. The van der Waals surface area contributed by atoms with E-state index in [0.29, 0.717) is 10.6 Å². The molecule has 0 aromatic heterocycles. The molecule has 2 aromatic carbocycles. The first kappa shape index (κ1) is 13.4. The molecule has 0 aliphatic heterocycles. The van der Waals surface area contributed by atoms with Crippen LogP contribution in [-0.4, -0.2) is 16.9 Å². The van der Waals surface area contributed by atoms with E-state index in [9.17, 15) is 9.90 Å². The van der Waals surface area contributed by atoms with E-state index in [-0.39, 0.29) is 5.56 Å². The summed E-state index contributed by atoms with van der Waals surface area (Å²) in [4.78, 5) is 12.8. The first-order valence-electron chi connectivity index (χ1n) is 5.73. The van der Waals surface area contributed by atoms with E-state index >= 15 is 0 Å². The predicted octanol–water partition coefficient (Wildman–Crippen LogP) is 3.39. The fourth-order valence-corrected chi connectivity index (χ4v) is 3.35. The zero-order valence-corrected chi connectivity index (χ0v) is 11.4. The van der Waals surface area contributed by atoms with Gasteiger partial charge in [-0.3, -0.25) is 0 Å². The van der Waals surface area contributed by atoms with Gasteiger partial charge in [-0.05, 0) is 36.8 Å². The number of carboxylic acid groups (broad SMARTS) is 1. The van der Waals surface area contributed by atoms with Gasteiger partial charge in [-0.25, -0.2) is 4.79 Å². The number of carbonyl (C=O) groups is 1.